The number of rotatable bonds is 5. The van der Waals surface area contributed by atoms with Crippen molar-refractivity contribution in [1.82, 2.24) is 10.2 Å². The maximum Gasteiger partial charge on any atom is 0.147 e. The van der Waals surface area contributed by atoms with Gasteiger partial charge in [0.1, 0.15) is 9.84 Å². The summed E-state index contributed by atoms with van der Waals surface area (Å²) in [5, 5.41) is 3.57. The Morgan fingerprint density at radius 1 is 1.47 bits per heavy atom. The maximum atomic E-state index is 11.1. The summed E-state index contributed by atoms with van der Waals surface area (Å²) in [7, 11) is -2.82. The molecule has 1 saturated heterocycles. The van der Waals surface area contributed by atoms with E-state index in [1.165, 1.54) is 6.26 Å². The lowest BCUT2D eigenvalue weighted by molar-refractivity contribution is 0.0936. The predicted octanol–water partition coefficient (Wildman–Crippen LogP) is 0.884. The van der Waals surface area contributed by atoms with Gasteiger partial charge < -0.3 is 5.32 Å². The second-order valence-corrected chi connectivity index (χ2v) is 7.86. The van der Waals surface area contributed by atoms with Crippen LogP contribution in [0.4, 0.5) is 0 Å². The quantitative estimate of drug-likeness (QED) is 0.799. The van der Waals surface area contributed by atoms with Crippen molar-refractivity contribution in [3.63, 3.8) is 0 Å². The van der Waals surface area contributed by atoms with E-state index in [1.54, 1.807) is 0 Å². The first-order chi connectivity index (χ1) is 7.76. The molecule has 1 heterocycles. The Balaban J connectivity index is 2.45. The third-order valence-electron chi connectivity index (χ3n) is 3.74. The van der Waals surface area contributed by atoms with Crippen LogP contribution in [0.5, 0.6) is 0 Å². The average molecular weight is 262 g/mol. The van der Waals surface area contributed by atoms with Gasteiger partial charge in [-0.2, -0.15) is 0 Å². The van der Waals surface area contributed by atoms with Crippen molar-refractivity contribution >= 4 is 9.84 Å². The fraction of sp³-hybridized carbons (Fsp3) is 1.00. The van der Waals surface area contributed by atoms with Gasteiger partial charge in [0.2, 0.25) is 0 Å². The standard InChI is InChI=1S/C12H26N2O2S/c1-5-12(3)10-14(11(2)9-13-12)7-6-8-17(4,15)16/h11,13H,5-10H2,1-4H3. The third kappa shape index (κ3) is 4.94. The van der Waals surface area contributed by atoms with Crippen LogP contribution in [-0.2, 0) is 9.84 Å². The minimum absolute atomic E-state index is 0.178. The average Bonchev–Trinajstić information content (AvgIpc) is 2.22. The fourth-order valence-electron chi connectivity index (χ4n) is 2.25. The van der Waals surface area contributed by atoms with E-state index < -0.39 is 9.84 Å². The zero-order valence-corrected chi connectivity index (χ0v) is 12.3. The molecule has 2 atom stereocenters. The number of hydrogen-bond acceptors (Lipinski definition) is 4. The van der Waals surface area contributed by atoms with E-state index in [9.17, 15) is 8.42 Å². The predicted molar refractivity (Wildman–Crippen MR) is 72.1 cm³/mol. The zero-order chi connectivity index (χ0) is 13.1. The second-order valence-electron chi connectivity index (χ2n) is 5.60. The molecule has 1 aliphatic rings. The van der Waals surface area contributed by atoms with Crippen molar-refractivity contribution in [3.05, 3.63) is 0 Å². The fourth-order valence-corrected chi connectivity index (χ4v) is 2.90. The van der Waals surface area contributed by atoms with E-state index >= 15 is 0 Å². The third-order valence-corrected chi connectivity index (χ3v) is 4.77. The van der Waals surface area contributed by atoms with Crippen LogP contribution in [0, 0.1) is 0 Å². The maximum absolute atomic E-state index is 11.1. The summed E-state index contributed by atoms with van der Waals surface area (Å²) < 4.78 is 22.2. The first-order valence-corrected chi connectivity index (χ1v) is 8.48. The van der Waals surface area contributed by atoms with E-state index in [2.05, 4.69) is 31.0 Å². The molecule has 1 fully saturated rings. The van der Waals surface area contributed by atoms with Gasteiger partial charge in [-0.05, 0) is 33.2 Å². The molecule has 0 aromatic rings. The van der Waals surface area contributed by atoms with Gasteiger partial charge in [0.25, 0.3) is 0 Å². The zero-order valence-electron chi connectivity index (χ0n) is 11.5. The van der Waals surface area contributed by atoms with Gasteiger partial charge in [-0.25, -0.2) is 8.42 Å². The van der Waals surface area contributed by atoms with Crippen molar-refractivity contribution in [3.8, 4) is 0 Å². The SMILES string of the molecule is CCC1(C)CN(CCCS(C)(=O)=O)C(C)CN1. The van der Waals surface area contributed by atoms with Crippen LogP contribution in [0.25, 0.3) is 0 Å². The van der Waals surface area contributed by atoms with Gasteiger partial charge in [0.15, 0.2) is 0 Å². The molecule has 1 N–H and O–H groups in total. The molecule has 0 aliphatic carbocycles. The normalized spacial score (nSPS) is 31.6. The van der Waals surface area contributed by atoms with E-state index in [1.807, 2.05) is 0 Å². The molecule has 2 unspecified atom stereocenters. The van der Waals surface area contributed by atoms with Gasteiger partial charge in [-0.15, -0.1) is 0 Å². The molecule has 0 aromatic carbocycles. The van der Waals surface area contributed by atoms with E-state index in [0.717, 1.165) is 32.5 Å². The van der Waals surface area contributed by atoms with Crippen LogP contribution < -0.4 is 5.32 Å². The molecule has 4 nitrogen and oxygen atoms in total. The lowest BCUT2D eigenvalue weighted by Crippen LogP contribution is -2.62. The van der Waals surface area contributed by atoms with E-state index in [0.29, 0.717) is 11.8 Å². The number of nitrogens with one attached hydrogen (secondary N) is 1. The Morgan fingerprint density at radius 3 is 2.65 bits per heavy atom. The molecule has 0 aromatic heterocycles. The summed E-state index contributed by atoms with van der Waals surface area (Å²) in [6, 6.07) is 0.495. The van der Waals surface area contributed by atoms with Gasteiger partial charge in [0, 0.05) is 30.9 Å². The smallest absolute Gasteiger partial charge is 0.147 e. The van der Waals surface area contributed by atoms with Crippen LogP contribution in [0.1, 0.15) is 33.6 Å². The van der Waals surface area contributed by atoms with Crippen molar-refractivity contribution in [2.24, 2.45) is 0 Å². The number of nitrogens with zero attached hydrogens (tertiary/aromatic N) is 1. The second kappa shape index (κ2) is 5.67. The molecular formula is C12H26N2O2S. The summed E-state index contributed by atoms with van der Waals surface area (Å²) >= 11 is 0. The molecule has 102 valence electrons. The van der Waals surface area contributed by atoms with Crippen molar-refractivity contribution in [1.29, 1.82) is 0 Å². The first-order valence-electron chi connectivity index (χ1n) is 6.42. The Kier molecular flexibility index (Phi) is 4.98. The number of hydrogen-bond donors (Lipinski definition) is 1. The monoisotopic (exact) mass is 262 g/mol. The van der Waals surface area contributed by atoms with Crippen LogP contribution in [0.3, 0.4) is 0 Å². The van der Waals surface area contributed by atoms with Gasteiger partial charge in [0.05, 0.1) is 5.75 Å². The number of piperazine rings is 1. The van der Waals surface area contributed by atoms with E-state index in [-0.39, 0.29) is 5.54 Å². The molecule has 1 aliphatic heterocycles. The highest BCUT2D eigenvalue weighted by molar-refractivity contribution is 7.90. The molecule has 0 amide bonds. The van der Waals surface area contributed by atoms with Crippen LogP contribution in [0.2, 0.25) is 0 Å². The van der Waals surface area contributed by atoms with Gasteiger partial charge >= 0.3 is 0 Å². The lowest BCUT2D eigenvalue weighted by Gasteiger charge is -2.45. The minimum atomic E-state index is -2.82. The van der Waals surface area contributed by atoms with Crippen molar-refractivity contribution in [2.75, 3.05) is 31.6 Å². The molecule has 17 heavy (non-hydrogen) atoms. The van der Waals surface area contributed by atoms with Crippen molar-refractivity contribution in [2.45, 2.75) is 45.2 Å². The van der Waals surface area contributed by atoms with Crippen molar-refractivity contribution < 1.29 is 8.42 Å². The summed E-state index contributed by atoms with van der Waals surface area (Å²) in [5.74, 6) is 0.298. The highest BCUT2D eigenvalue weighted by Gasteiger charge is 2.32. The summed E-state index contributed by atoms with van der Waals surface area (Å²) in [6.07, 6.45) is 3.15. The summed E-state index contributed by atoms with van der Waals surface area (Å²) in [5.41, 5.74) is 0.178. The minimum Gasteiger partial charge on any atom is -0.309 e. The Labute approximate surface area is 106 Å². The Bertz CT molecular complexity index is 342. The van der Waals surface area contributed by atoms with Crippen LogP contribution in [0.15, 0.2) is 0 Å². The molecule has 0 bridgehead atoms. The summed E-state index contributed by atoms with van der Waals surface area (Å²) in [4.78, 5) is 2.41. The van der Waals surface area contributed by atoms with Crippen LogP contribution >= 0.6 is 0 Å². The van der Waals surface area contributed by atoms with Crippen LogP contribution in [-0.4, -0.2) is 56.5 Å². The number of sulfone groups is 1. The molecule has 0 spiro atoms. The largest absolute Gasteiger partial charge is 0.309 e. The van der Waals surface area contributed by atoms with Gasteiger partial charge in [-0.3, -0.25) is 4.90 Å². The highest BCUT2D eigenvalue weighted by atomic mass is 32.2. The molecule has 5 heteroatoms. The molecule has 0 saturated carbocycles. The van der Waals surface area contributed by atoms with E-state index in [4.69, 9.17) is 0 Å². The molecular weight excluding hydrogens is 236 g/mol. The Morgan fingerprint density at radius 2 is 2.12 bits per heavy atom. The first kappa shape index (κ1) is 14.9. The Hall–Kier alpha value is -0.130. The topological polar surface area (TPSA) is 49.4 Å². The molecule has 0 radical (unpaired) electrons. The molecule has 1 rings (SSSR count). The highest BCUT2D eigenvalue weighted by Crippen LogP contribution is 2.18. The van der Waals surface area contributed by atoms with Gasteiger partial charge in [-0.1, -0.05) is 6.92 Å². The lowest BCUT2D eigenvalue weighted by atomic mass is 9.94. The summed E-state index contributed by atoms with van der Waals surface area (Å²) in [6.45, 7) is 9.51.